The van der Waals surface area contributed by atoms with E-state index in [1.54, 1.807) is 23.5 Å². The van der Waals surface area contributed by atoms with E-state index in [1.807, 2.05) is 4.90 Å². The van der Waals surface area contributed by atoms with E-state index in [9.17, 15) is 9.90 Å². The Morgan fingerprint density at radius 1 is 1.25 bits per heavy atom. The Bertz CT molecular complexity index is 731. The Kier molecular flexibility index (Phi) is 3.89. The summed E-state index contributed by atoms with van der Waals surface area (Å²) in [4.78, 5) is 24.8. The molecule has 1 aliphatic carbocycles. The molecule has 4 rings (SSSR count). The number of aliphatic hydroxyl groups excluding tert-OH is 1. The molecule has 2 N–H and O–H groups in total. The maximum atomic E-state index is 12.8. The molecule has 8 nitrogen and oxygen atoms in total. The maximum Gasteiger partial charge on any atom is 0.274 e. The van der Waals surface area contributed by atoms with Crippen molar-refractivity contribution in [3.8, 4) is 0 Å². The molecule has 0 bridgehead atoms. The number of aromatic nitrogens is 4. The second-order valence-electron chi connectivity index (χ2n) is 6.30. The van der Waals surface area contributed by atoms with Crippen molar-refractivity contribution in [2.24, 2.45) is 0 Å². The van der Waals surface area contributed by atoms with Crippen LogP contribution in [-0.4, -0.2) is 68.4 Å². The van der Waals surface area contributed by atoms with Gasteiger partial charge in [0.25, 0.3) is 5.91 Å². The van der Waals surface area contributed by atoms with Gasteiger partial charge in [0.2, 0.25) is 0 Å². The number of hydrogen-bond donors (Lipinski definition) is 2. The van der Waals surface area contributed by atoms with Crippen LogP contribution in [0.15, 0.2) is 18.6 Å². The molecule has 0 saturated carbocycles. The first-order chi connectivity index (χ1) is 11.7. The Balaban J connectivity index is 1.51. The van der Waals surface area contributed by atoms with Crippen LogP contribution in [0.2, 0.25) is 0 Å². The molecular formula is C16H20N6O2. The average Bonchev–Trinajstić information content (AvgIpc) is 3.15. The number of β-amino-alcohol motifs (C(OH)–C–C–N with tert-alkyl or cyclic N) is 1. The van der Waals surface area contributed by atoms with Crippen molar-refractivity contribution in [3.63, 3.8) is 0 Å². The lowest BCUT2D eigenvalue weighted by atomic mass is 10.2. The van der Waals surface area contributed by atoms with Gasteiger partial charge in [0.05, 0.1) is 12.3 Å². The Labute approximate surface area is 139 Å². The second-order valence-corrected chi connectivity index (χ2v) is 6.30. The zero-order valence-electron chi connectivity index (χ0n) is 13.4. The van der Waals surface area contributed by atoms with Gasteiger partial charge in [-0.1, -0.05) is 0 Å². The van der Waals surface area contributed by atoms with Crippen molar-refractivity contribution in [1.29, 1.82) is 0 Å². The molecular weight excluding hydrogens is 308 g/mol. The predicted octanol–water partition coefficient (Wildman–Crippen LogP) is 0.0117. The zero-order chi connectivity index (χ0) is 16.5. The number of H-pyrrole nitrogens is 1. The molecule has 2 aromatic rings. The lowest BCUT2D eigenvalue weighted by Crippen LogP contribution is -2.38. The van der Waals surface area contributed by atoms with E-state index < -0.39 is 6.10 Å². The third-order valence-corrected chi connectivity index (χ3v) is 4.67. The summed E-state index contributed by atoms with van der Waals surface area (Å²) in [6.07, 6.45) is 7.20. The van der Waals surface area contributed by atoms with Gasteiger partial charge < -0.3 is 14.9 Å². The minimum atomic E-state index is -0.634. The topological polar surface area (TPSA) is 98.2 Å². The molecule has 1 saturated heterocycles. The summed E-state index contributed by atoms with van der Waals surface area (Å²) in [6.45, 7) is 1.86. The summed E-state index contributed by atoms with van der Waals surface area (Å²) in [7, 11) is 0. The number of anilines is 1. The van der Waals surface area contributed by atoms with E-state index in [4.69, 9.17) is 0 Å². The number of aliphatic hydroxyl groups is 1. The van der Waals surface area contributed by atoms with Crippen LogP contribution >= 0.6 is 0 Å². The van der Waals surface area contributed by atoms with Crippen molar-refractivity contribution >= 4 is 11.7 Å². The van der Waals surface area contributed by atoms with E-state index in [-0.39, 0.29) is 5.91 Å². The highest BCUT2D eigenvalue weighted by molar-refractivity contribution is 5.94. The smallest absolute Gasteiger partial charge is 0.274 e. The molecule has 126 valence electrons. The Morgan fingerprint density at radius 3 is 3.00 bits per heavy atom. The lowest BCUT2D eigenvalue weighted by Gasteiger charge is -2.22. The normalized spacial score (nSPS) is 20.8. The third kappa shape index (κ3) is 2.73. The highest BCUT2D eigenvalue weighted by Crippen LogP contribution is 2.24. The van der Waals surface area contributed by atoms with Gasteiger partial charge in [-0.2, -0.15) is 5.10 Å². The Hall–Kier alpha value is -2.48. The predicted molar refractivity (Wildman–Crippen MR) is 86.8 cm³/mol. The van der Waals surface area contributed by atoms with Crippen LogP contribution in [0.3, 0.4) is 0 Å². The molecule has 1 aliphatic heterocycles. The maximum absolute atomic E-state index is 12.8. The third-order valence-electron chi connectivity index (χ3n) is 4.67. The molecule has 1 amide bonds. The molecule has 24 heavy (non-hydrogen) atoms. The summed E-state index contributed by atoms with van der Waals surface area (Å²) < 4.78 is 0. The van der Waals surface area contributed by atoms with Gasteiger partial charge in [-0.05, 0) is 19.3 Å². The summed E-state index contributed by atoms with van der Waals surface area (Å²) in [5.74, 6) is 0.612. The summed E-state index contributed by atoms with van der Waals surface area (Å²) in [6, 6.07) is 0. The van der Waals surface area contributed by atoms with Gasteiger partial charge >= 0.3 is 0 Å². The molecule has 8 heteroatoms. The average molecular weight is 328 g/mol. The van der Waals surface area contributed by atoms with Crippen LogP contribution in [0.4, 0.5) is 5.82 Å². The first-order valence-corrected chi connectivity index (χ1v) is 8.27. The first-order valence-electron chi connectivity index (χ1n) is 8.27. The van der Waals surface area contributed by atoms with Gasteiger partial charge in [0.1, 0.15) is 5.82 Å². The quantitative estimate of drug-likeness (QED) is 0.806. The van der Waals surface area contributed by atoms with Crippen LogP contribution in [0, 0.1) is 0 Å². The number of carbonyl (C=O) groups is 1. The molecule has 0 unspecified atom stereocenters. The van der Waals surface area contributed by atoms with Crippen molar-refractivity contribution < 1.29 is 9.90 Å². The van der Waals surface area contributed by atoms with Crippen molar-refractivity contribution in [3.05, 3.63) is 35.5 Å². The van der Waals surface area contributed by atoms with Crippen molar-refractivity contribution in [2.75, 3.05) is 31.1 Å². The molecule has 0 aromatic carbocycles. The minimum Gasteiger partial charge on any atom is -0.389 e. The zero-order valence-corrected chi connectivity index (χ0v) is 13.4. The number of nitrogens with one attached hydrogen (secondary N) is 1. The molecule has 1 atom stereocenters. The molecule has 0 radical (unpaired) electrons. The molecule has 1 fully saturated rings. The SMILES string of the molecule is O=C(c1n[nH]c2c1CCC2)N1CCN(c2cnccn2)C[C@@H](O)C1. The highest BCUT2D eigenvalue weighted by atomic mass is 16.3. The van der Waals surface area contributed by atoms with Crippen molar-refractivity contribution in [1.82, 2.24) is 25.1 Å². The number of carbonyl (C=O) groups excluding carboxylic acids is 1. The second kappa shape index (κ2) is 6.20. The largest absolute Gasteiger partial charge is 0.389 e. The van der Waals surface area contributed by atoms with Gasteiger partial charge in [-0.15, -0.1) is 0 Å². The molecule has 2 aromatic heterocycles. The number of fused-ring (bicyclic) bond motifs is 1. The van der Waals surface area contributed by atoms with Crippen LogP contribution in [0.1, 0.15) is 28.2 Å². The van der Waals surface area contributed by atoms with E-state index in [2.05, 4.69) is 20.2 Å². The fourth-order valence-electron chi connectivity index (χ4n) is 3.48. The fraction of sp³-hybridized carbons (Fsp3) is 0.500. The molecule has 0 spiro atoms. The highest BCUT2D eigenvalue weighted by Gasteiger charge is 2.30. The number of aromatic amines is 1. The van der Waals surface area contributed by atoms with Gasteiger partial charge in [-0.3, -0.25) is 14.9 Å². The van der Waals surface area contributed by atoms with Crippen LogP contribution in [0.25, 0.3) is 0 Å². The number of hydrogen-bond acceptors (Lipinski definition) is 6. The summed E-state index contributed by atoms with van der Waals surface area (Å²) in [5.41, 5.74) is 2.64. The fourth-order valence-corrected chi connectivity index (χ4v) is 3.48. The number of nitrogens with zero attached hydrogens (tertiary/aromatic N) is 5. The standard InChI is InChI=1S/C16H20N6O2/c23-11-9-21(14-8-17-4-5-18-14)6-7-22(10-11)16(24)15-12-2-1-3-13(12)19-20-15/h4-5,8,11,23H,1-3,6-7,9-10H2,(H,19,20)/t11-/m1/s1. The summed E-state index contributed by atoms with van der Waals surface area (Å²) in [5, 5.41) is 17.5. The minimum absolute atomic E-state index is 0.102. The lowest BCUT2D eigenvalue weighted by molar-refractivity contribution is 0.0667. The van der Waals surface area contributed by atoms with Crippen LogP contribution in [0.5, 0.6) is 0 Å². The number of amides is 1. The van der Waals surface area contributed by atoms with Crippen molar-refractivity contribution in [2.45, 2.75) is 25.4 Å². The monoisotopic (exact) mass is 328 g/mol. The Morgan fingerprint density at radius 2 is 2.17 bits per heavy atom. The number of rotatable bonds is 2. The van der Waals surface area contributed by atoms with E-state index in [0.717, 1.165) is 30.5 Å². The van der Waals surface area contributed by atoms with Gasteiger partial charge in [0.15, 0.2) is 5.69 Å². The summed E-state index contributed by atoms with van der Waals surface area (Å²) >= 11 is 0. The first kappa shape index (κ1) is 15.1. The number of aryl methyl sites for hydroxylation is 1. The molecule has 3 heterocycles. The van der Waals surface area contributed by atoms with Gasteiger partial charge in [0, 0.05) is 49.8 Å². The van der Waals surface area contributed by atoms with E-state index in [0.29, 0.717) is 37.7 Å². The van der Waals surface area contributed by atoms with E-state index in [1.165, 1.54) is 0 Å². The molecule has 2 aliphatic rings. The van der Waals surface area contributed by atoms with Crippen LogP contribution < -0.4 is 4.90 Å². The van der Waals surface area contributed by atoms with Crippen LogP contribution in [-0.2, 0) is 12.8 Å². The van der Waals surface area contributed by atoms with Gasteiger partial charge in [-0.25, -0.2) is 4.98 Å². The van der Waals surface area contributed by atoms with E-state index >= 15 is 0 Å².